The number of ketones is 1. The molecule has 0 radical (unpaired) electrons. The lowest BCUT2D eigenvalue weighted by Crippen LogP contribution is -2.36. The van der Waals surface area contributed by atoms with E-state index in [0.29, 0.717) is 22.7 Å². The molecule has 1 amide bonds. The van der Waals surface area contributed by atoms with Gasteiger partial charge in [0.05, 0.1) is 6.54 Å². The van der Waals surface area contributed by atoms with Crippen LogP contribution in [0.25, 0.3) is 11.2 Å². The minimum Gasteiger partial charge on any atom is -0.347 e. The van der Waals surface area contributed by atoms with Crippen molar-refractivity contribution < 1.29 is 9.59 Å². The average molecular weight is 384 g/mol. The Labute approximate surface area is 161 Å². The van der Waals surface area contributed by atoms with Gasteiger partial charge < -0.3 is 4.90 Å². The van der Waals surface area contributed by atoms with Crippen molar-refractivity contribution in [1.29, 1.82) is 0 Å². The van der Waals surface area contributed by atoms with Crippen molar-refractivity contribution in [1.82, 2.24) is 29.9 Å². The predicted molar refractivity (Wildman–Crippen MR) is 102 cm³/mol. The van der Waals surface area contributed by atoms with E-state index in [0.717, 1.165) is 17.3 Å². The lowest BCUT2D eigenvalue weighted by molar-refractivity contribution is -0.132. The highest BCUT2D eigenvalue weighted by Gasteiger charge is 2.28. The maximum Gasteiger partial charge on any atom is 0.243 e. The van der Waals surface area contributed by atoms with Crippen LogP contribution in [0.1, 0.15) is 18.1 Å². The molecule has 0 bridgehead atoms. The number of aryl methyl sites for hydroxylation is 1. The van der Waals surface area contributed by atoms with Crippen molar-refractivity contribution in [2.24, 2.45) is 0 Å². The number of amides is 1. The number of benzene rings is 1. The lowest BCUT2D eigenvalue weighted by Gasteiger charge is -2.17. The van der Waals surface area contributed by atoms with E-state index in [-0.39, 0.29) is 11.7 Å². The molecule has 27 heavy (non-hydrogen) atoms. The monoisotopic (exact) mass is 384 g/mol. The second kappa shape index (κ2) is 7.83. The van der Waals surface area contributed by atoms with Crippen LogP contribution in [0, 0.1) is 6.92 Å². The number of fused-ring (bicyclic) bond motifs is 1. The summed E-state index contributed by atoms with van der Waals surface area (Å²) in [5.74, 6) is -0.524. The van der Waals surface area contributed by atoms with Crippen LogP contribution in [0.15, 0.2) is 35.6 Å². The van der Waals surface area contributed by atoms with Crippen molar-refractivity contribution in [2.45, 2.75) is 30.7 Å². The fourth-order valence-corrected chi connectivity index (χ4v) is 3.54. The number of hydrogen-bond donors (Lipinski definition) is 0. The summed E-state index contributed by atoms with van der Waals surface area (Å²) in [7, 11) is 3.23. The zero-order valence-electron chi connectivity index (χ0n) is 15.6. The summed E-state index contributed by atoms with van der Waals surface area (Å²) in [4.78, 5) is 34.1. The van der Waals surface area contributed by atoms with Crippen LogP contribution in [0.4, 0.5) is 0 Å². The van der Waals surface area contributed by atoms with Gasteiger partial charge in [0.25, 0.3) is 0 Å². The molecule has 9 heteroatoms. The summed E-state index contributed by atoms with van der Waals surface area (Å²) < 4.78 is 1.68. The quantitative estimate of drug-likeness (QED) is 0.363. The zero-order chi connectivity index (χ0) is 19.6. The third-order valence-electron chi connectivity index (χ3n) is 3.98. The Kier molecular flexibility index (Phi) is 5.50. The molecule has 8 nitrogen and oxygen atoms in total. The van der Waals surface area contributed by atoms with Crippen LogP contribution in [0.2, 0.25) is 0 Å². The Morgan fingerprint density at radius 2 is 1.89 bits per heavy atom. The van der Waals surface area contributed by atoms with Crippen LogP contribution >= 0.6 is 11.8 Å². The first-order valence-electron chi connectivity index (χ1n) is 8.35. The molecule has 0 spiro atoms. The number of aromatic nitrogens is 5. The van der Waals surface area contributed by atoms with E-state index in [2.05, 4.69) is 20.3 Å². The van der Waals surface area contributed by atoms with Crippen LogP contribution in [-0.4, -0.2) is 60.9 Å². The van der Waals surface area contributed by atoms with Crippen LogP contribution in [-0.2, 0) is 16.1 Å². The van der Waals surface area contributed by atoms with E-state index in [9.17, 15) is 9.59 Å². The molecule has 0 saturated carbocycles. The zero-order valence-corrected chi connectivity index (χ0v) is 16.4. The number of nitrogens with zero attached hydrogens (tertiary/aromatic N) is 6. The molecule has 0 aliphatic rings. The molecular weight excluding hydrogens is 364 g/mol. The molecular formula is C18H20N6O2S. The first-order chi connectivity index (χ1) is 12.9. The number of carbonyl (C=O) groups excluding carboxylic acids is 2. The van der Waals surface area contributed by atoms with E-state index in [1.165, 1.54) is 23.7 Å². The van der Waals surface area contributed by atoms with Crippen molar-refractivity contribution >= 4 is 34.6 Å². The average Bonchev–Trinajstić information content (AvgIpc) is 3.04. The molecule has 0 aliphatic carbocycles. The number of hydrogen-bond acceptors (Lipinski definition) is 7. The highest BCUT2D eigenvalue weighted by molar-refractivity contribution is 8.01. The fourth-order valence-electron chi connectivity index (χ4n) is 2.48. The van der Waals surface area contributed by atoms with Crippen LogP contribution in [0.3, 0.4) is 0 Å². The summed E-state index contributed by atoms with van der Waals surface area (Å²) in [5.41, 5.74) is 3.30. The van der Waals surface area contributed by atoms with Gasteiger partial charge in [-0.1, -0.05) is 46.8 Å². The van der Waals surface area contributed by atoms with E-state index < -0.39 is 5.25 Å². The summed E-state index contributed by atoms with van der Waals surface area (Å²) in [5, 5.41) is 7.94. The molecule has 0 saturated heterocycles. The van der Waals surface area contributed by atoms with Gasteiger partial charge in [-0.15, -0.1) is 5.10 Å². The van der Waals surface area contributed by atoms with Crippen molar-refractivity contribution in [2.75, 3.05) is 14.1 Å². The van der Waals surface area contributed by atoms with Gasteiger partial charge in [-0.25, -0.2) is 14.6 Å². The molecule has 2 aromatic heterocycles. The fraction of sp³-hybridized carbons (Fsp3) is 0.333. The third kappa shape index (κ3) is 4.13. The maximum atomic E-state index is 12.3. The van der Waals surface area contributed by atoms with Gasteiger partial charge in [0.1, 0.15) is 16.6 Å². The second-order valence-corrected chi connectivity index (χ2v) is 7.52. The van der Waals surface area contributed by atoms with E-state index in [1.54, 1.807) is 18.8 Å². The normalized spacial score (nSPS) is 12.1. The smallest absolute Gasteiger partial charge is 0.243 e. The van der Waals surface area contributed by atoms with Crippen molar-refractivity contribution in [3.05, 3.63) is 41.7 Å². The van der Waals surface area contributed by atoms with Crippen molar-refractivity contribution in [3.63, 3.8) is 0 Å². The van der Waals surface area contributed by atoms with E-state index >= 15 is 0 Å². The molecule has 2 heterocycles. The molecule has 140 valence electrons. The largest absolute Gasteiger partial charge is 0.347 e. The third-order valence-corrected chi connectivity index (χ3v) is 5.27. The Morgan fingerprint density at radius 1 is 1.19 bits per heavy atom. The van der Waals surface area contributed by atoms with Gasteiger partial charge in [0.2, 0.25) is 5.91 Å². The first-order valence-corrected chi connectivity index (χ1v) is 9.23. The SMILES string of the molecule is CC(=O)C(Sc1ncnc2c1nnn2Cc1ccc(C)cc1)C(=O)N(C)C. The second-order valence-electron chi connectivity index (χ2n) is 6.42. The summed E-state index contributed by atoms with van der Waals surface area (Å²) in [6, 6.07) is 8.13. The van der Waals surface area contributed by atoms with Gasteiger partial charge in [0, 0.05) is 14.1 Å². The summed E-state index contributed by atoms with van der Waals surface area (Å²) >= 11 is 1.08. The Balaban J connectivity index is 1.92. The summed E-state index contributed by atoms with van der Waals surface area (Å²) in [6.45, 7) is 3.95. The van der Waals surface area contributed by atoms with E-state index in [4.69, 9.17) is 0 Å². The molecule has 0 fully saturated rings. The van der Waals surface area contributed by atoms with Gasteiger partial charge in [-0.05, 0) is 19.4 Å². The Morgan fingerprint density at radius 3 is 2.52 bits per heavy atom. The molecule has 0 N–H and O–H groups in total. The molecule has 0 aliphatic heterocycles. The lowest BCUT2D eigenvalue weighted by atomic mass is 10.1. The van der Waals surface area contributed by atoms with Crippen LogP contribution < -0.4 is 0 Å². The maximum absolute atomic E-state index is 12.3. The van der Waals surface area contributed by atoms with Gasteiger partial charge in [-0.3, -0.25) is 9.59 Å². The number of Topliss-reactive ketones (excluding diaryl/α,β-unsaturated/α-hetero) is 1. The van der Waals surface area contributed by atoms with E-state index in [1.807, 2.05) is 31.2 Å². The number of thioether (sulfide) groups is 1. The predicted octanol–water partition coefficient (Wildman–Crippen LogP) is 1.72. The minimum atomic E-state index is -0.875. The molecule has 1 atom stereocenters. The molecule has 1 aromatic carbocycles. The van der Waals surface area contributed by atoms with Crippen molar-refractivity contribution in [3.8, 4) is 0 Å². The van der Waals surface area contributed by atoms with Gasteiger partial charge in [-0.2, -0.15) is 0 Å². The number of rotatable bonds is 6. The van der Waals surface area contributed by atoms with Gasteiger partial charge in [0.15, 0.2) is 16.9 Å². The standard InChI is InChI=1S/C18H20N6O2S/c1-11-5-7-13(8-6-11)9-24-16-14(21-22-24)17(20-10-19-16)27-15(12(2)25)18(26)23(3)4/h5-8,10,15H,9H2,1-4H3. The highest BCUT2D eigenvalue weighted by atomic mass is 32.2. The highest BCUT2D eigenvalue weighted by Crippen LogP contribution is 2.28. The number of carbonyl (C=O) groups is 2. The summed E-state index contributed by atoms with van der Waals surface area (Å²) in [6.07, 6.45) is 1.40. The molecule has 3 aromatic rings. The molecule has 3 rings (SSSR count). The topological polar surface area (TPSA) is 93.9 Å². The first kappa shape index (κ1) is 19.0. The minimum absolute atomic E-state index is 0.238. The molecule has 1 unspecified atom stereocenters. The Hall–Kier alpha value is -2.81. The Bertz CT molecular complexity index is 983. The van der Waals surface area contributed by atoms with Gasteiger partial charge >= 0.3 is 0 Å². The van der Waals surface area contributed by atoms with Crippen LogP contribution in [0.5, 0.6) is 0 Å².